The van der Waals surface area contributed by atoms with Crippen LogP contribution in [0, 0.1) is 6.92 Å². The lowest BCUT2D eigenvalue weighted by Crippen LogP contribution is -2.17. The number of carbonyl (C=O) groups is 1. The quantitative estimate of drug-likeness (QED) is 0.797. The Hall–Kier alpha value is -1.35. The SMILES string of the molecule is COc1ccc(C2NCCC2=O)cc1C. The maximum Gasteiger partial charge on any atom is 0.155 e. The van der Waals surface area contributed by atoms with Crippen molar-refractivity contribution in [1.82, 2.24) is 5.32 Å². The molecule has 1 aromatic carbocycles. The monoisotopic (exact) mass is 205 g/mol. The van der Waals surface area contributed by atoms with Crippen molar-refractivity contribution < 1.29 is 9.53 Å². The molecule has 2 rings (SSSR count). The van der Waals surface area contributed by atoms with Crippen molar-refractivity contribution in [3.05, 3.63) is 29.3 Å². The maximum atomic E-state index is 11.5. The summed E-state index contributed by atoms with van der Waals surface area (Å²) < 4.78 is 5.18. The van der Waals surface area contributed by atoms with Gasteiger partial charge in [0.05, 0.1) is 13.2 Å². The number of carbonyl (C=O) groups excluding carboxylic acids is 1. The van der Waals surface area contributed by atoms with Crippen molar-refractivity contribution >= 4 is 5.78 Å². The first-order valence-corrected chi connectivity index (χ1v) is 5.13. The predicted molar refractivity (Wildman–Crippen MR) is 58.1 cm³/mol. The van der Waals surface area contributed by atoms with E-state index < -0.39 is 0 Å². The molecule has 3 heteroatoms. The lowest BCUT2D eigenvalue weighted by Gasteiger charge is -2.12. The molecule has 1 aliphatic rings. The zero-order valence-electron chi connectivity index (χ0n) is 9.04. The molecule has 0 amide bonds. The van der Waals surface area contributed by atoms with Crippen LogP contribution < -0.4 is 10.1 Å². The fourth-order valence-electron chi connectivity index (χ4n) is 1.98. The molecule has 3 nitrogen and oxygen atoms in total. The first-order valence-electron chi connectivity index (χ1n) is 5.13. The van der Waals surface area contributed by atoms with Gasteiger partial charge in [-0.25, -0.2) is 0 Å². The fraction of sp³-hybridized carbons (Fsp3) is 0.417. The summed E-state index contributed by atoms with van der Waals surface area (Å²) >= 11 is 0. The summed E-state index contributed by atoms with van der Waals surface area (Å²) in [5.74, 6) is 1.14. The lowest BCUT2D eigenvalue weighted by molar-refractivity contribution is -0.118. The van der Waals surface area contributed by atoms with E-state index in [0.717, 1.165) is 23.4 Å². The summed E-state index contributed by atoms with van der Waals surface area (Å²) in [7, 11) is 1.65. The van der Waals surface area contributed by atoms with Gasteiger partial charge in [-0.05, 0) is 24.1 Å². The van der Waals surface area contributed by atoms with Gasteiger partial charge in [-0.3, -0.25) is 4.79 Å². The first kappa shape index (κ1) is 10.2. The van der Waals surface area contributed by atoms with Gasteiger partial charge in [-0.2, -0.15) is 0 Å². The minimum Gasteiger partial charge on any atom is -0.496 e. The van der Waals surface area contributed by atoms with Crippen LogP contribution >= 0.6 is 0 Å². The van der Waals surface area contributed by atoms with Crippen LogP contribution in [0.15, 0.2) is 18.2 Å². The zero-order chi connectivity index (χ0) is 10.8. The van der Waals surface area contributed by atoms with Crippen molar-refractivity contribution in [3.8, 4) is 5.75 Å². The number of aryl methyl sites for hydroxylation is 1. The minimum absolute atomic E-state index is 0.116. The second-order valence-electron chi connectivity index (χ2n) is 3.83. The minimum atomic E-state index is -0.116. The van der Waals surface area contributed by atoms with Gasteiger partial charge in [0.1, 0.15) is 5.75 Å². The largest absolute Gasteiger partial charge is 0.496 e. The molecule has 0 radical (unpaired) electrons. The van der Waals surface area contributed by atoms with E-state index in [4.69, 9.17) is 4.74 Å². The van der Waals surface area contributed by atoms with Crippen LogP contribution in [-0.2, 0) is 4.79 Å². The van der Waals surface area contributed by atoms with E-state index >= 15 is 0 Å². The molecular formula is C12H15NO2. The highest BCUT2D eigenvalue weighted by Gasteiger charge is 2.25. The molecule has 0 saturated carbocycles. The standard InChI is InChI=1S/C12H15NO2/c1-8-7-9(3-4-11(8)15-2)12-10(14)5-6-13-12/h3-4,7,12-13H,5-6H2,1-2H3. The molecule has 1 N–H and O–H groups in total. The number of ether oxygens (including phenoxy) is 1. The number of hydrogen-bond donors (Lipinski definition) is 1. The Balaban J connectivity index is 2.29. The number of rotatable bonds is 2. The van der Waals surface area contributed by atoms with Crippen molar-refractivity contribution in [2.75, 3.05) is 13.7 Å². The summed E-state index contributed by atoms with van der Waals surface area (Å²) in [6.45, 7) is 2.77. The van der Waals surface area contributed by atoms with Gasteiger partial charge in [0.25, 0.3) is 0 Å². The van der Waals surface area contributed by atoms with Crippen molar-refractivity contribution in [3.63, 3.8) is 0 Å². The Kier molecular flexibility index (Phi) is 2.73. The van der Waals surface area contributed by atoms with E-state index in [1.165, 1.54) is 0 Å². The molecule has 1 aromatic rings. The van der Waals surface area contributed by atoms with Crippen LogP contribution in [0.5, 0.6) is 5.75 Å². The topological polar surface area (TPSA) is 38.3 Å². The molecule has 1 heterocycles. The molecule has 1 atom stereocenters. The van der Waals surface area contributed by atoms with Gasteiger partial charge in [0.15, 0.2) is 5.78 Å². The molecule has 1 fully saturated rings. The van der Waals surface area contributed by atoms with Gasteiger partial charge < -0.3 is 10.1 Å². The number of benzene rings is 1. The second-order valence-corrected chi connectivity index (χ2v) is 3.83. The van der Waals surface area contributed by atoms with E-state index in [9.17, 15) is 4.79 Å². The molecule has 1 saturated heterocycles. The average molecular weight is 205 g/mol. The highest BCUT2D eigenvalue weighted by Crippen LogP contribution is 2.25. The van der Waals surface area contributed by atoms with E-state index in [0.29, 0.717) is 6.42 Å². The van der Waals surface area contributed by atoms with Crippen LogP contribution in [0.3, 0.4) is 0 Å². The number of Topliss-reactive ketones (excluding diaryl/α,β-unsaturated/α-hetero) is 1. The highest BCUT2D eigenvalue weighted by molar-refractivity contribution is 5.87. The van der Waals surface area contributed by atoms with Gasteiger partial charge in [0, 0.05) is 13.0 Å². The normalized spacial score (nSPS) is 20.7. The smallest absolute Gasteiger partial charge is 0.155 e. The van der Waals surface area contributed by atoms with Crippen LogP contribution in [0.25, 0.3) is 0 Å². The molecule has 80 valence electrons. The first-order chi connectivity index (χ1) is 7.22. The second kappa shape index (κ2) is 4.03. The number of hydrogen-bond acceptors (Lipinski definition) is 3. The lowest BCUT2D eigenvalue weighted by atomic mass is 10.0. The third kappa shape index (κ3) is 1.88. The van der Waals surface area contributed by atoms with Crippen molar-refractivity contribution in [2.24, 2.45) is 0 Å². The van der Waals surface area contributed by atoms with Gasteiger partial charge >= 0.3 is 0 Å². The zero-order valence-corrected chi connectivity index (χ0v) is 9.04. The Bertz CT molecular complexity index is 387. The van der Waals surface area contributed by atoms with E-state index in [1.54, 1.807) is 7.11 Å². The molecule has 1 aliphatic heterocycles. The van der Waals surface area contributed by atoms with Crippen LogP contribution in [0.4, 0.5) is 0 Å². The molecular weight excluding hydrogens is 190 g/mol. The third-order valence-corrected chi connectivity index (χ3v) is 2.79. The Morgan fingerprint density at radius 3 is 2.80 bits per heavy atom. The number of ketones is 1. The van der Waals surface area contributed by atoms with Crippen molar-refractivity contribution in [2.45, 2.75) is 19.4 Å². The molecule has 1 unspecified atom stereocenters. The summed E-state index contributed by atoms with van der Waals surface area (Å²) in [5.41, 5.74) is 2.10. The average Bonchev–Trinajstić information content (AvgIpc) is 2.64. The van der Waals surface area contributed by atoms with Crippen LogP contribution in [0.2, 0.25) is 0 Å². The van der Waals surface area contributed by atoms with E-state index in [2.05, 4.69) is 5.32 Å². The van der Waals surface area contributed by atoms with Crippen molar-refractivity contribution in [1.29, 1.82) is 0 Å². The third-order valence-electron chi connectivity index (χ3n) is 2.79. The Labute approximate surface area is 89.4 Å². The number of nitrogens with one attached hydrogen (secondary N) is 1. The number of methoxy groups -OCH3 is 1. The maximum absolute atomic E-state index is 11.5. The van der Waals surface area contributed by atoms with Gasteiger partial charge in [-0.1, -0.05) is 12.1 Å². The summed E-state index contributed by atoms with van der Waals surface area (Å²) in [6.07, 6.45) is 0.635. The summed E-state index contributed by atoms with van der Waals surface area (Å²) in [6, 6.07) is 5.76. The Morgan fingerprint density at radius 1 is 1.47 bits per heavy atom. The van der Waals surface area contributed by atoms with Crippen LogP contribution in [0.1, 0.15) is 23.6 Å². The highest BCUT2D eigenvalue weighted by atomic mass is 16.5. The van der Waals surface area contributed by atoms with Crippen LogP contribution in [-0.4, -0.2) is 19.4 Å². The fourth-order valence-corrected chi connectivity index (χ4v) is 1.98. The van der Waals surface area contributed by atoms with E-state index in [1.807, 2.05) is 25.1 Å². The van der Waals surface area contributed by atoms with Gasteiger partial charge in [-0.15, -0.1) is 0 Å². The Morgan fingerprint density at radius 2 is 2.27 bits per heavy atom. The van der Waals surface area contributed by atoms with Gasteiger partial charge in [0.2, 0.25) is 0 Å². The predicted octanol–water partition coefficient (Wildman–Crippen LogP) is 1.61. The molecule has 0 bridgehead atoms. The molecule has 15 heavy (non-hydrogen) atoms. The summed E-state index contributed by atoms with van der Waals surface area (Å²) in [5, 5.41) is 3.20. The molecule has 0 aliphatic carbocycles. The van der Waals surface area contributed by atoms with E-state index in [-0.39, 0.29) is 11.8 Å². The molecule has 0 spiro atoms. The summed E-state index contributed by atoms with van der Waals surface area (Å²) in [4.78, 5) is 11.5. The molecule has 0 aromatic heterocycles.